The van der Waals surface area contributed by atoms with Gasteiger partial charge in [0.15, 0.2) is 0 Å². The third kappa shape index (κ3) is 7.32. The molecule has 10 heteroatoms. The van der Waals surface area contributed by atoms with Crippen molar-refractivity contribution in [2.45, 2.75) is 13.3 Å². The highest BCUT2D eigenvalue weighted by atomic mass is 32.1. The van der Waals surface area contributed by atoms with E-state index in [1.54, 1.807) is 11.3 Å². The molecule has 5 rings (SSSR count). The zero-order chi connectivity index (χ0) is 27.0. The number of nitrogens with one attached hydrogen (secondary N) is 4. The summed E-state index contributed by atoms with van der Waals surface area (Å²) in [7, 11) is 0. The molecule has 0 unspecified atom stereocenters. The molecule has 3 heterocycles. The molecule has 9 nitrogen and oxygen atoms in total. The molecule has 4 aromatic rings. The van der Waals surface area contributed by atoms with Gasteiger partial charge in [-0.15, -0.1) is 11.3 Å². The Morgan fingerprint density at radius 2 is 1.97 bits per heavy atom. The van der Waals surface area contributed by atoms with Crippen LogP contribution < -0.4 is 16.0 Å². The lowest BCUT2D eigenvalue weighted by atomic mass is 10.1. The Kier molecular flexibility index (Phi) is 8.67. The Labute approximate surface area is 231 Å². The van der Waals surface area contributed by atoms with Crippen molar-refractivity contribution in [2.24, 2.45) is 0 Å². The number of aryl methyl sites for hydroxylation is 1. The second-order valence-electron chi connectivity index (χ2n) is 9.42. The number of ether oxygens (including phenoxy) is 1. The quantitative estimate of drug-likeness (QED) is 0.243. The lowest BCUT2D eigenvalue weighted by molar-refractivity contribution is -0.115. The van der Waals surface area contributed by atoms with Gasteiger partial charge in [0.25, 0.3) is 0 Å². The minimum atomic E-state index is -0.230. The van der Waals surface area contributed by atoms with E-state index in [9.17, 15) is 9.59 Å². The zero-order valence-electron chi connectivity index (χ0n) is 21.8. The predicted molar refractivity (Wildman–Crippen MR) is 157 cm³/mol. The van der Waals surface area contributed by atoms with Crippen molar-refractivity contribution in [3.8, 4) is 0 Å². The number of benzene rings is 2. The minimum Gasteiger partial charge on any atom is -0.379 e. The van der Waals surface area contributed by atoms with E-state index in [-0.39, 0.29) is 11.9 Å². The van der Waals surface area contributed by atoms with Crippen LogP contribution in [0.1, 0.15) is 21.7 Å². The molecule has 0 aliphatic carbocycles. The van der Waals surface area contributed by atoms with Crippen LogP contribution in [-0.4, -0.2) is 66.4 Å². The van der Waals surface area contributed by atoms with E-state index < -0.39 is 0 Å². The average Bonchev–Trinajstić information content (AvgIpc) is 3.58. The van der Waals surface area contributed by atoms with E-state index in [1.807, 2.05) is 73.0 Å². The van der Waals surface area contributed by atoms with Gasteiger partial charge < -0.3 is 20.7 Å². The third-order valence-corrected chi connectivity index (χ3v) is 7.40. The van der Waals surface area contributed by atoms with Crippen molar-refractivity contribution >= 4 is 57.7 Å². The van der Waals surface area contributed by atoms with Crippen molar-refractivity contribution in [2.75, 3.05) is 50.0 Å². The molecule has 1 saturated heterocycles. The highest BCUT2D eigenvalue weighted by molar-refractivity contribution is 7.10. The van der Waals surface area contributed by atoms with Gasteiger partial charge in [-0.05, 0) is 59.8 Å². The molecule has 4 N–H and O–H groups in total. The zero-order valence-corrected chi connectivity index (χ0v) is 22.6. The highest BCUT2D eigenvalue weighted by Crippen LogP contribution is 2.26. The summed E-state index contributed by atoms with van der Waals surface area (Å²) in [4.78, 5) is 28.2. The van der Waals surface area contributed by atoms with Gasteiger partial charge in [0.1, 0.15) is 0 Å². The van der Waals surface area contributed by atoms with Gasteiger partial charge in [0.05, 0.1) is 30.8 Å². The monoisotopic (exact) mass is 544 g/mol. The van der Waals surface area contributed by atoms with Crippen molar-refractivity contribution in [3.63, 3.8) is 0 Å². The maximum absolute atomic E-state index is 12.6. The van der Waals surface area contributed by atoms with Crippen LogP contribution in [0.3, 0.4) is 0 Å². The van der Waals surface area contributed by atoms with Gasteiger partial charge in [-0.1, -0.05) is 24.3 Å². The molecule has 2 aromatic carbocycles. The Balaban J connectivity index is 1.21. The second kappa shape index (κ2) is 12.7. The molecule has 0 atom stereocenters. The summed E-state index contributed by atoms with van der Waals surface area (Å²) in [5.74, 6) is -0.0464. The van der Waals surface area contributed by atoms with Crippen molar-refractivity contribution in [1.82, 2.24) is 20.4 Å². The third-order valence-electron chi connectivity index (χ3n) is 6.52. The summed E-state index contributed by atoms with van der Waals surface area (Å²) < 4.78 is 5.35. The average molecular weight is 545 g/mol. The predicted octanol–water partition coefficient (Wildman–Crippen LogP) is 4.74. The van der Waals surface area contributed by atoms with Crippen LogP contribution >= 0.6 is 11.3 Å². The van der Waals surface area contributed by atoms with Crippen molar-refractivity contribution in [3.05, 3.63) is 75.6 Å². The summed E-state index contributed by atoms with van der Waals surface area (Å²) >= 11 is 1.57. The fraction of sp³-hybridized carbons (Fsp3) is 0.276. The van der Waals surface area contributed by atoms with Crippen LogP contribution in [0.15, 0.2) is 53.9 Å². The number of aromatic amines is 1. The van der Waals surface area contributed by atoms with Gasteiger partial charge in [-0.3, -0.25) is 14.8 Å². The highest BCUT2D eigenvalue weighted by Gasteiger charge is 2.12. The van der Waals surface area contributed by atoms with E-state index in [0.717, 1.165) is 71.1 Å². The van der Waals surface area contributed by atoms with Crippen LogP contribution in [0.2, 0.25) is 0 Å². The summed E-state index contributed by atoms with van der Waals surface area (Å²) in [5.41, 5.74) is 5.02. The molecule has 2 aromatic heterocycles. The molecule has 0 saturated carbocycles. The van der Waals surface area contributed by atoms with Crippen LogP contribution in [0, 0.1) is 6.92 Å². The number of aromatic nitrogens is 2. The normalized spacial score (nSPS) is 14.1. The molecular formula is C29H32N6O3S. The van der Waals surface area contributed by atoms with Crippen molar-refractivity contribution < 1.29 is 14.3 Å². The van der Waals surface area contributed by atoms with E-state index in [4.69, 9.17) is 4.74 Å². The molecule has 1 aliphatic heterocycles. The molecular weight excluding hydrogens is 512 g/mol. The molecule has 0 spiro atoms. The molecule has 39 heavy (non-hydrogen) atoms. The largest absolute Gasteiger partial charge is 0.379 e. The fourth-order valence-corrected chi connectivity index (χ4v) is 5.15. The maximum Gasteiger partial charge on any atom is 0.319 e. The van der Waals surface area contributed by atoms with E-state index in [1.165, 1.54) is 0 Å². The molecule has 1 fully saturated rings. The van der Waals surface area contributed by atoms with Crippen LogP contribution in [0.4, 0.5) is 16.2 Å². The van der Waals surface area contributed by atoms with Gasteiger partial charge in [-0.25, -0.2) is 4.79 Å². The maximum atomic E-state index is 12.6. The van der Waals surface area contributed by atoms with E-state index in [0.29, 0.717) is 18.7 Å². The number of thiophene rings is 1. The number of hydrogen-bond donors (Lipinski definition) is 4. The van der Waals surface area contributed by atoms with Gasteiger partial charge in [0.2, 0.25) is 5.91 Å². The van der Waals surface area contributed by atoms with Crippen LogP contribution in [0.25, 0.3) is 23.1 Å². The lowest BCUT2D eigenvalue weighted by Crippen LogP contribution is -2.42. The van der Waals surface area contributed by atoms with Gasteiger partial charge in [0, 0.05) is 47.8 Å². The number of carbonyl (C=O) groups excluding carboxylic acids is 2. The number of nitrogens with zero attached hydrogens (tertiary/aromatic N) is 2. The number of morpholine rings is 1. The Bertz CT molecular complexity index is 1460. The molecule has 0 radical (unpaired) electrons. The van der Waals surface area contributed by atoms with Crippen molar-refractivity contribution in [1.29, 1.82) is 0 Å². The van der Waals surface area contributed by atoms with E-state index >= 15 is 0 Å². The van der Waals surface area contributed by atoms with Gasteiger partial charge >= 0.3 is 6.03 Å². The smallest absolute Gasteiger partial charge is 0.319 e. The molecule has 202 valence electrons. The topological polar surface area (TPSA) is 111 Å². The number of urea groups is 1. The first-order chi connectivity index (χ1) is 19.0. The minimum absolute atomic E-state index is 0.0464. The SMILES string of the molecule is Cc1cc2[nH]nc(C=Cc3cccc(NC(=O)NCCN4CCOCC4)c3)c2cc1NC(=O)Cc1cccs1. The first kappa shape index (κ1) is 26.6. The first-order valence-corrected chi connectivity index (χ1v) is 13.9. The number of anilines is 2. The Hall–Kier alpha value is -3.99. The summed E-state index contributed by atoms with van der Waals surface area (Å²) in [6.45, 7) is 6.63. The summed E-state index contributed by atoms with van der Waals surface area (Å²) in [5, 5.41) is 19.3. The number of carbonyl (C=O) groups is 2. The van der Waals surface area contributed by atoms with E-state index in [2.05, 4.69) is 31.0 Å². The second-order valence-corrected chi connectivity index (χ2v) is 10.5. The fourth-order valence-electron chi connectivity index (χ4n) is 4.44. The van der Waals surface area contributed by atoms with Crippen LogP contribution in [0.5, 0.6) is 0 Å². The number of fused-ring (bicyclic) bond motifs is 1. The summed E-state index contributed by atoms with van der Waals surface area (Å²) in [6.07, 6.45) is 4.22. The first-order valence-electron chi connectivity index (χ1n) is 13.0. The number of H-pyrrole nitrogens is 1. The lowest BCUT2D eigenvalue weighted by Gasteiger charge is -2.26. The number of rotatable bonds is 9. The Morgan fingerprint density at radius 1 is 1.10 bits per heavy atom. The molecule has 0 bridgehead atoms. The number of amides is 3. The summed E-state index contributed by atoms with van der Waals surface area (Å²) in [6, 6.07) is 15.3. The van der Waals surface area contributed by atoms with Crippen LogP contribution in [-0.2, 0) is 16.0 Å². The molecule has 1 aliphatic rings. The Morgan fingerprint density at radius 3 is 2.79 bits per heavy atom. The molecule has 3 amide bonds. The number of hydrogen-bond acceptors (Lipinski definition) is 6. The standard InChI is InChI=1S/C29H32N6O3S/c1-20-16-27-24(19-26(20)32-28(36)18-23-6-3-15-39-23)25(33-34-27)8-7-21-4-2-5-22(17-21)31-29(37)30-9-10-35-11-13-38-14-12-35/h2-8,15-17,19H,9-14,18H2,1H3,(H,32,36)(H,33,34)(H2,30,31,37). The van der Waals surface area contributed by atoms with Gasteiger partial charge in [-0.2, -0.15) is 5.10 Å².